The zero-order valence-electron chi connectivity index (χ0n) is 28.2. The molecule has 0 spiro atoms. The lowest BCUT2D eigenvalue weighted by Crippen LogP contribution is -2.53. The summed E-state index contributed by atoms with van der Waals surface area (Å²) in [6, 6.07) is 28.1. The average Bonchev–Trinajstić information content (AvgIpc) is 3.46. The summed E-state index contributed by atoms with van der Waals surface area (Å²) in [7, 11) is 2.53. The van der Waals surface area contributed by atoms with E-state index < -0.39 is 21.9 Å². The summed E-state index contributed by atoms with van der Waals surface area (Å²) in [5, 5.41) is 0. The minimum Gasteiger partial charge on any atom is -0.493 e. The fourth-order valence-corrected chi connectivity index (χ4v) is 8.34. The lowest BCUT2D eigenvalue weighted by atomic mass is 10.0. The van der Waals surface area contributed by atoms with Gasteiger partial charge in [-0.15, -0.1) is 0 Å². The summed E-state index contributed by atoms with van der Waals surface area (Å²) in [6.07, 6.45) is 0. The van der Waals surface area contributed by atoms with Gasteiger partial charge in [0.15, 0.2) is 44.4 Å². The first-order valence-electron chi connectivity index (χ1n) is 15.9. The standard InChI is InChI=1S/C38H42N2O8S/c1-45-35-17-15-29(19-37(35)47-3)33(41)23-39(21-27-11-7-5-8-12-27)31-25-49(43,44)26-32(31)40(22-28-13-9-6-10-14-28)24-34(42)30-16-18-36(46-2)38(20-30)48-4/h5-20,31-32H,21-26H2,1-4H3/t31-,32+. The monoisotopic (exact) mass is 686 g/mol. The number of ketones is 2. The highest BCUT2D eigenvalue weighted by molar-refractivity contribution is 7.91. The van der Waals surface area contributed by atoms with Gasteiger partial charge >= 0.3 is 0 Å². The van der Waals surface area contributed by atoms with Gasteiger partial charge in [-0.25, -0.2) is 8.42 Å². The fraction of sp³-hybridized carbons (Fsp3) is 0.316. The van der Waals surface area contributed by atoms with Gasteiger partial charge in [0.1, 0.15) is 0 Å². The topological polar surface area (TPSA) is 112 Å². The molecule has 0 N–H and O–H groups in total. The van der Waals surface area contributed by atoms with Crippen LogP contribution in [0.1, 0.15) is 31.8 Å². The van der Waals surface area contributed by atoms with Crippen molar-refractivity contribution in [2.75, 3.05) is 53.0 Å². The van der Waals surface area contributed by atoms with E-state index in [4.69, 9.17) is 18.9 Å². The molecule has 2 atom stereocenters. The molecule has 11 heteroatoms. The Hall–Kier alpha value is -4.71. The van der Waals surface area contributed by atoms with Crippen LogP contribution in [0.5, 0.6) is 23.0 Å². The van der Waals surface area contributed by atoms with Crippen molar-refractivity contribution < 1.29 is 37.0 Å². The van der Waals surface area contributed by atoms with Crippen LogP contribution in [0.4, 0.5) is 0 Å². The largest absolute Gasteiger partial charge is 0.493 e. The van der Waals surface area contributed by atoms with Gasteiger partial charge in [-0.05, 0) is 47.5 Å². The molecule has 10 nitrogen and oxygen atoms in total. The summed E-state index contributed by atoms with van der Waals surface area (Å²) in [5.74, 6) is 1.14. The Bertz CT molecular complexity index is 1720. The number of carbonyl (C=O) groups excluding carboxylic acids is 2. The molecule has 0 bridgehead atoms. The van der Waals surface area contributed by atoms with Crippen LogP contribution in [-0.4, -0.2) is 94.9 Å². The van der Waals surface area contributed by atoms with Crippen LogP contribution in [0.3, 0.4) is 0 Å². The normalized spacial score (nSPS) is 16.8. The van der Waals surface area contributed by atoms with Crippen LogP contribution >= 0.6 is 0 Å². The van der Waals surface area contributed by atoms with Crippen molar-refractivity contribution in [3.8, 4) is 23.0 Å². The molecule has 4 aromatic carbocycles. The van der Waals surface area contributed by atoms with Crippen molar-refractivity contribution in [1.29, 1.82) is 0 Å². The number of benzene rings is 4. The van der Waals surface area contributed by atoms with E-state index >= 15 is 0 Å². The van der Waals surface area contributed by atoms with Gasteiger partial charge in [-0.2, -0.15) is 0 Å². The van der Waals surface area contributed by atoms with Crippen molar-refractivity contribution in [2.24, 2.45) is 0 Å². The number of rotatable bonds is 16. The predicted molar refractivity (Wildman–Crippen MR) is 188 cm³/mol. The van der Waals surface area contributed by atoms with Gasteiger partial charge in [0, 0.05) is 36.3 Å². The molecule has 0 saturated carbocycles. The first kappa shape index (κ1) is 35.6. The second kappa shape index (κ2) is 16.1. The third-order valence-electron chi connectivity index (χ3n) is 8.79. The molecule has 0 unspecified atom stereocenters. The summed E-state index contributed by atoms with van der Waals surface area (Å²) in [6.45, 7) is 0.562. The average molecular weight is 687 g/mol. The van der Waals surface area contributed by atoms with Crippen LogP contribution in [0.2, 0.25) is 0 Å². The van der Waals surface area contributed by atoms with Crippen molar-refractivity contribution in [2.45, 2.75) is 25.2 Å². The molecular weight excluding hydrogens is 644 g/mol. The van der Waals surface area contributed by atoms with Crippen molar-refractivity contribution in [1.82, 2.24) is 9.80 Å². The number of hydrogen-bond donors (Lipinski definition) is 0. The van der Waals surface area contributed by atoms with Gasteiger partial charge < -0.3 is 18.9 Å². The molecule has 49 heavy (non-hydrogen) atoms. The van der Waals surface area contributed by atoms with Gasteiger partial charge in [-0.3, -0.25) is 19.4 Å². The Balaban J connectivity index is 1.52. The molecule has 4 aromatic rings. The molecule has 258 valence electrons. The minimum atomic E-state index is -3.54. The Morgan fingerprint density at radius 2 is 0.939 bits per heavy atom. The summed E-state index contributed by atoms with van der Waals surface area (Å²) in [4.78, 5) is 31.7. The van der Waals surface area contributed by atoms with E-state index in [1.807, 2.05) is 70.5 Å². The Morgan fingerprint density at radius 3 is 1.29 bits per heavy atom. The van der Waals surface area contributed by atoms with Crippen LogP contribution < -0.4 is 18.9 Å². The lowest BCUT2D eigenvalue weighted by molar-refractivity contribution is 0.0686. The number of hydrogen-bond acceptors (Lipinski definition) is 10. The zero-order chi connectivity index (χ0) is 35.0. The Kier molecular flexibility index (Phi) is 11.7. The van der Waals surface area contributed by atoms with E-state index in [-0.39, 0.29) is 36.2 Å². The minimum absolute atomic E-state index is 0.0517. The van der Waals surface area contributed by atoms with Gasteiger partial charge in [0.2, 0.25) is 0 Å². The second-order valence-electron chi connectivity index (χ2n) is 12.0. The molecule has 1 fully saturated rings. The Labute approximate surface area is 288 Å². The van der Waals surface area contributed by atoms with Crippen LogP contribution in [0.15, 0.2) is 97.1 Å². The van der Waals surface area contributed by atoms with E-state index in [2.05, 4.69) is 0 Å². The van der Waals surface area contributed by atoms with Crippen molar-refractivity contribution in [3.63, 3.8) is 0 Å². The van der Waals surface area contributed by atoms with Crippen molar-refractivity contribution >= 4 is 21.4 Å². The highest BCUT2D eigenvalue weighted by atomic mass is 32.2. The molecular formula is C38H42N2O8S. The molecule has 5 rings (SSSR count). The molecule has 1 aliphatic heterocycles. The number of sulfone groups is 1. The number of nitrogens with zero attached hydrogens (tertiary/aromatic N) is 2. The van der Waals surface area contributed by atoms with E-state index in [1.54, 1.807) is 36.4 Å². The maximum atomic E-state index is 13.9. The number of methoxy groups -OCH3 is 4. The van der Waals surface area contributed by atoms with Crippen molar-refractivity contribution in [3.05, 3.63) is 119 Å². The van der Waals surface area contributed by atoms with E-state index in [9.17, 15) is 18.0 Å². The lowest BCUT2D eigenvalue weighted by Gasteiger charge is -2.37. The maximum Gasteiger partial charge on any atom is 0.176 e. The van der Waals surface area contributed by atoms with Gasteiger partial charge in [0.25, 0.3) is 0 Å². The van der Waals surface area contributed by atoms with Crippen LogP contribution in [0, 0.1) is 0 Å². The number of carbonyl (C=O) groups is 2. The maximum absolute atomic E-state index is 13.9. The van der Waals surface area contributed by atoms with Gasteiger partial charge in [0.05, 0.1) is 53.0 Å². The molecule has 0 amide bonds. The molecule has 1 saturated heterocycles. The zero-order valence-corrected chi connectivity index (χ0v) is 29.0. The number of Topliss-reactive ketones (excluding diaryl/α,β-unsaturated/α-hetero) is 2. The molecule has 1 aliphatic rings. The molecule has 0 aromatic heterocycles. The van der Waals surface area contributed by atoms with E-state index in [0.29, 0.717) is 47.2 Å². The quantitative estimate of drug-likeness (QED) is 0.150. The SMILES string of the molecule is COc1ccc(C(=O)CN(Cc2ccccc2)[C@@H]2CS(=O)(=O)C[C@@H]2N(CC(=O)c2ccc(OC)c(OC)c2)Cc2ccccc2)cc1OC. The Morgan fingerprint density at radius 1 is 0.571 bits per heavy atom. The van der Waals surface area contributed by atoms with E-state index in [0.717, 1.165) is 11.1 Å². The third-order valence-corrected chi connectivity index (χ3v) is 10.5. The second-order valence-corrected chi connectivity index (χ2v) is 14.1. The molecule has 1 heterocycles. The fourth-order valence-electron chi connectivity index (χ4n) is 6.30. The highest BCUT2D eigenvalue weighted by Crippen LogP contribution is 2.31. The summed E-state index contributed by atoms with van der Waals surface area (Å²) < 4.78 is 48.6. The van der Waals surface area contributed by atoms with Crippen LogP contribution in [0.25, 0.3) is 0 Å². The molecule has 0 aliphatic carbocycles. The molecule has 0 radical (unpaired) electrons. The highest BCUT2D eigenvalue weighted by Gasteiger charge is 2.45. The van der Waals surface area contributed by atoms with E-state index in [1.165, 1.54) is 28.4 Å². The number of ether oxygens (including phenoxy) is 4. The smallest absolute Gasteiger partial charge is 0.176 e. The predicted octanol–water partition coefficient (Wildman–Crippen LogP) is 4.96. The summed E-state index contributed by atoms with van der Waals surface area (Å²) >= 11 is 0. The van der Waals surface area contributed by atoms with Gasteiger partial charge in [-0.1, -0.05) is 60.7 Å². The first-order valence-corrected chi connectivity index (χ1v) is 17.7. The first-order chi connectivity index (χ1) is 23.6. The third kappa shape index (κ3) is 8.86. The van der Waals surface area contributed by atoms with Crippen LogP contribution in [-0.2, 0) is 22.9 Å². The summed E-state index contributed by atoms with van der Waals surface area (Å²) in [5.41, 5.74) is 2.69.